The minimum atomic E-state index is 0.0182. The molecule has 2 rings (SSSR count). The van der Waals surface area contributed by atoms with Gasteiger partial charge < -0.3 is 10.2 Å². The predicted molar refractivity (Wildman–Crippen MR) is 66.7 cm³/mol. The highest BCUT2D eigenvalue weighted by molar-refractivity contribution is 7.12. The highest BCUT2D eigenvalue weighted by Gasteiger charge is 2.28. The van der Waals surface area contributed by atoms with E-state index >= 15 is 0 Å². The van der Waals surface area contributed by atoms with Gasteiger partial charge in [0.05, 0.1) is 6.04 Å². The van der Waals surface area contributed by atoms with Crippen LogP contribution in [0.1, 0.15) is 21.7 Å². The van der Waals surface area contributed by atoms with Gasteiger partial charge in [-0.2, -0.15) is 0 Å². The maximum Gasteiger partial charge on any atom is 0.239 e. The van der Waals surface area contributed by atoms with E-state index < -0.39 is 0 Å². The van der Waals surface area contributed by atoms with Gasteiger partial charge >= 0.3 is 0 Å². The largest absolute Gasteiger partial charge is 0.344 e. The first kappa shape index (κ1) is 11.6. The average molecular weight is 238 g/mol. The van der Waals surface area contributed by atoms with E-state index in [1.165, 1.54) is 15.3 Å². The number of hydrogen-bond donors (Lipinski definition) is 1. The van der Waals surface area contributed by atoms with E-state index in [4.69, 9.17) is 0 Å². The second-order valence-electron chi connectivity index (χ2n) is 4.42. The summed E-state index contributed by atoms with van der Waals surface area (Å²) in [6.07, 6.45) is 0.928. The molecule has 1 fully saturated rings. The van der Waals surface area contributed by atoms with Gasteiger partial charge in [0.1, 0.15) is 0 Å². The SMILES string of the molecule is Cc1cc(CNC2CCN(C)C2=O)c(C)s1. The van der Waals surface area contributed by atoms with E-state index in [-0.39, 0.29) is 11.9 Å². The second-order valence-corrected chi connectivity index (χ2v) is 5.88. The lowest BCUT2D eigenvalue weighted by atomic mass is 10.2. The van der Waals surface area contributed by atoms with Crippen molar-refractivity contribution in [1.29, 1.82) is 0 Å². The third kappa shape index (κ3) is 2.28. The highest BCUT2D eigenvalue weighted by Crippen LogP contribution is 2.20. The molecule has 1 aliphatic heterocycles. The van der Waals surface area contributed by atoms with E-state index in [1.54, 1.807) is 4.90 Å². The van der Waals surface area contributed by atoms with E-state index in [2.05, 4.69) is 25.2 Å². The van der Waals surface area contributed by atoms with E-state index in [1.807, 2.05) is 18.4 Å². The molecule has 1 aromatic rings. The van der Waals surface area contributed by atoms with Crippen LogP contribution < -0.4 is 5.32 Å². The summed E-state index contributed by atoms with van der Waals surface area (Å²) >= 11 is 1.82. The fourth-order valence-electron chi connectivity index (χ4n) is 2.10. The van der Waals surface area contributed by atoms with Gasteiger partial charge in [0, 0.05) is 29.9 Å². The number of rotatable bonds is 3. The van der Waals surface area contributed by atoms with Crippen molar-refractivity contribution in [2.75, 3.05) is 13.6 Å². The summed E-state index contributed by atoms with van der Waals surface area (Å²) in [4.78, 5) is 16.2. The quantitative estimate of drug-likeness (QED) is 0.869. The van der Waals surface area contributed by atoms with Crippen molar-refractivity contribution >= 4 is 17.2 Å². The number of hydrogen-bond acceptors (Lipinski definition) is 3. The fourth-order valence-corrected chi connectivity index (χ4v) is 3.05. The Balaban J connectivity index is 1.93. The molecular formula is C12H18N2OS. The number of nitrogens with one attached hydrogen (secondary N) is 1. The average Bonchev–Trinajstić information content (AvgIpc) is 2.70. The smallest absolute Gasteiger partial charge is 0.239 e. The molecule has 1 saturated heterocycles. The zero-order valence-electron chi connectivity index (χ0n) is 10.0. The maximum atomic E-state index is 11.7. The Labute approximate surface area is 100 Å². The summed E-state index contributed by atoms with van der Waals surface area (Å²) in [7, 11) is 1.87. The van der Waals surface area contributed by atoms with E-state index in [9.17, 15) is 4.79 Å². The molecule has 2 heterocycles. The van der Waals surface area contributed by atoms with Crippen LogP contribution in [-0.4, -0.2) is 30.4 Å². The fraction of sp³-hybridized carbons (Fsp3) is 0.583. The van der Waals surface area contributed by atoms with Gasteiger partial charge in [0.2, 0.25) is 5.91 Å². The molecule has 88 valence electrons. The topological polar surface area (TPSA) is 32.3 Å². The number of carbonyl (C=O) groups excluding carboxylic acids is 1. The van der Waals surface area contributed by atoms with Crippen LogP contribution in [0.25, 0.3) is 0 Å². The molecular weight excluding hydrogens is 220 g/mol. The zero-order chi connectivity index (χ0) is 11.7. The molecule has 4 heteroatoms. The Hall–Kier alpha value is -0.870. The van der Waals surface area contributed by atoms with Crippen LogP contribution in [0.3, 0.4) is 0 Å². The third-order valence-corrected chi connectivity index (χ3v) is 4.12. The van der Waals surface area contributed by atoms with Crippen molar-refractivity contribution in [3.8, 4) is 0 Å². The molecule has 0 aliphatic carbocycles. The Morgan fingerprint density at radius 1 is 1.56 bits per heavy atom. The molecule has 0 radical (unpaired) electrons. The van der Waals surface area contributed by atoms with Crippen molar-refractivity contribution in [3.63, 3.8) is 0 Å². The zero-order valence-corrected chi connectivity index (χ0v) is 10.9. The van der Waals surface area contributed by atoms with Crippen LogP contribution in [0.5, 0.6) is 0 Å². The summed E-state index contributed by atoms with van der Waals surface area (Å²) in [6.45, 7) is 5.94. The molecule has 0 bridgehead atoms. The summed E-state index contributed by atoms with van der Waals surface area (Å²) in [6, 6.07) is 2.22. The minimum absolute atomic E-state index is 0.0182. The molecule has 1 aromatic heterocycles. The third-order valence-electron chi connectivity index (χ3n) is 3.11. The number of thiophene rings is 1. The maximum absolute atomic E-state index is 11.7. The first-order chi connectivity index (χ1) is 7.58. The van der Waals surface area contributed by atoms with Gasteiger partial charge in [-0.1, -0.05) is 0 Å². The summed E-state index contributed by atoms with van der Waals surface area (Å²) in [5, 5.41) is 3.35. The van der Waals surface area contributed by atoms with Crippen molar-refractivity contribution < 1.29 is 4.79 Å². The molecule has 16 heavy (non-hydrogen) atoms. The molecule has 1 N–H and O–H groups in total. The summed E-state index contributed by atoms with van der Waals surface area (Å²) < 4.78 is 0. The van der Waals surface area contributed by atoms with Crippen LogP contribution >= 0.6 is 11.3 Å². The van der Waals surface area contributed by atoms with Gasteiger partial charge in [0.25, 0.3) is 0 Å². The lowest BCUT2D eigenvalue weighted by Gasteiger charge is -2.11. The van der Waals surface area contributed by atoms with Crippen LogP contribution in [-0.2, 0) is 11.3 Å². The lowest BCUT2D eigenvalue weighted by Crippen LogP contribution is -2.36. The first-order valence-corrected chi connectivity index (χ1v) is 6.44. The number of likely N-dealkylation sites (N-methyl/N-ethyl adjacent to an activating group) is 1. The molecule has 3 nitrogen and oxygen atoms in total. The molecule has 0 saturated carbocycles. The Morgan fingerprint density at radius 3 is 2.81 bits per heavy atom. The number of likely N-dealkylation sites (tertiary alicyclic amines) is 1. The lowest BCUT2D eigenvalue weighted by molar-refractivity contribution is -0.128. The summed E-state index contributed by atoms with van der Waals surface area (Å²) in [5.41, 5.74) is 1.32. The Bertz CT molecular complexity index is 400. The van der Waals surface area contributed by atoms with Crippen molar-refractivity contribution in [2.24, 2.45) is 0 Å². The first-order valence-electron chi connectivity index (χ1n) is 5.62. The number of aryl methyl sites for hydroxylation is 2. The van der Waals surface area contributed by atoms with Gasteiger partial charge in [-0.3, -0.25) is 4.79 Å². The normalized spacial score (nSPS) is 20.8. The van der Waals surface area contributed by atoms with Crippen LogP contribution in [0, 0.1) is 13.8 Å². The summed E-state index contributed by atoms with van der Waals surface area (Å²) in [5.74, 6) is 0.226. The number of nitrogens with zero attached hydrogens (tertiary/aromatic N) is 1. The molecule has 0 spiro atoms. The van der Waals surface area contributed by atoms with Crippen LogP contribution in [0.4, 0.5) is 0 Å². The van der Waals surface area contributed by atoms with Crippen LogP contribution in [0.15, 0.2) is 6.07 Å². The van der Waals surface area contributed by atoms with E-state index in [0.717, 1.165) is 19.5 Å². The van der Waals surface area contributed by atoms with Gasteiger partial charge in [-0.05, 0) is 31.9 Å². The monoisotopic (exact) mass is 238 g/mol. The number of carbonyl (C=O) groups is 1. The Morgan fingerprint density at radius 2 is 2.31 bits per heavy atom. The van der Waals surface area contributed by atoms with Gasteiger partial charge in [0.15, 0.2) is 0 Å². The number of amides is 1. The van der Waals surface area contributed by atoms with Crippen molar-refractivity contribution in [3.05, 3.63) is 21.4 Å². The minimum Gasteiger partial charge on any atom is -0.344 e. The standard InChI is InChI=1S/C12H18N2OS/c1-8-6-10(9(2)16-8)7-13-11-4-5-14(3)12(11)15/h6,11,13H,4-5,7H2,1-3H3. The van der Waals surface area contributed by atoms with Gasteiger partial charge in [-0.15, -0.1) is 11.3 Å². The molecule has 1 aliphatic rings. The molecule has 1 unspecified atom stereocenters. The van der Waals surface area contributed by atoms with E-state index in [0.29, 0.717) is 0 Å². The van der Waals surface area contributed by atoms with Crippen molar-refractivity contribution in [2.45, 2.75) is 32.9 Å². The molecule has 1 amide bonds. The Kier molecular flexibility index (Phi) is 3.30. The highest BCUT2D eigenvalue weighted by atomic mass is 32.1. The molecule has 0 aromatic carbocycles. The molecule has 1 atom stereocenters. The van der Waals surface area contributed by atoms with Crippen LogP contribution in [0.2, 0.25) is 0 Å². The van der Waals surface area contributed by atoms with Crippen molar-refractivity contribution in [1.82, 2.24) is 10.2 Å². The second kappa shape index (κ2) is 4.55. The predicted octanol–water partition coefficient (Wildman–Crippen LogP) is 1.69. The van der Waals surface area contributed by atoms with Gasteiger partial charge in [-0.25, -0.2) is 0 Å².